The highest BCUT2D eigenvalue weighted by Gasteiger charge is 2.25. The van der Waals surface area contributed by atoms with E-state index in [0.29, 0.717) is 31.9 Å². The molecule has 3 heterocycles. The van der Waals surface area contributed by atoms with Crippen LogP contribution in [0.2, 0.25) is 0 Å². The molecule has 0 spiro atoms. The highest BCUT2D eigenvalue weighted by atomic mass is 16.5. The van der Waals surface area contributed by atoms with Crippen LogP contribution in [-0.4, -0.2) is 64.8 Å². The number of amides is 1. The Bertz CT molecular complexity index is 816. The van der Waals surface area contributed by atoms with E-state index < -0.39 is 0 Å². The van der Waals surface area contributed by atoms with Crippen molar-refractivity contribution in [2.24, 2.45) is 12.0 Å². The van der Waals surface area contributed by atoms with Crippen LogP contribution in [0.3, 0.4) is 0 Å². The lowest BCUT2D eigenvalue weighted by Gasteiger charge is -2.34. The van der Waals surface area contributed by atoms with E-state index in [2.05, 4.69) is 30.6 Å². The van der Waals surface area contributed by atoms with Crippen molar-refractivity contribution in [3.63, 3.8) is 0 Å². The molecule has 28 heavy (non-hydrogen) atoms. The molecule has 0 radical (unpaired) electrons. The van der Waals surface area contributed by atoms with E-state index in [9.17, 15) is 4.79 Å². The van der Waals surface area contributed by atoms with Crippen LogP contribution in [0.1, 0.15) is 23.7 Å². The average molecular weight is 385 g/mol. The topological polar surface area (TPSA) is 96.7 Å². The first-order valence-corrected chi connectivity index (χ1v) is 9.33. The van der Waals surface area contributed by atoms with Crippen LogP contribution >= 0.6 is 0 Å². The van der Waals surface area contributed by atoms with Gasteiger partial charge in [0.25, 0.3) is 0 Å². The number of aryl methyl sites for hydroxylation is 2. The Kier molecular flexibility index (Phi) is 6.59. The molecule has 0 aliphatic carbocycles. The van der Waals surface area contributed by atoms with Crippen LogP contribution in [0.25, 0.3) is 0 Å². The number of nitrogens with one attached hydrogen (secondary N) is 2. The average Bonchev–Trinajstić information content (AvgIpc) is 3.14. The summed E-state index contributed by atoms with van der Waals surface area (Å²) in [6.45, 7) is 4.48. The lowest BCUT2D eigenvalue weighted by atomic mass is 10.1. The van der Waals surface area contributed by atoms with E-state index >= 15 is 0 Å². The summed E-state index contributed by atoms with van der Waals surface area (Å²) in [6, 6.07) is 3.71. The van der Waals surface area contributed by atoms with Gasteiger partial charge in [-0.05, 0) is 18.6 Å². The van der Waals surface area contributed by atoms with Crippen molar-refractivity contribution < 1.29 is 9.53 Å². The van der Waals surface area contributed by atoms with Crippen molar-refractivity contribution in [1.29, 1.82) is 0 Å². The van der Waals surface area contributed by atoms with Crippen molar-refractivity contribution in [3.05, 3.63) is 41.9 Å². The van der Waals surface area contributed by atoms with E-state index in [0.717, 1.165) is 23.6 Å². The summed E-state index contributed by atoms with van der Waals surface area (Å²) < 4.78 is 7.64. The summed E-state index contributed by atoms with van der Waals surface area (Å²) in [7, 11) is 3.63. The van der Waals surface area contributed by atoms with Gasteiger partial charge in [-0.25, -0.2) is 4.98 Å². The zero-order chi connectivity index (χ0) is 19.9. The minimum atomic E-state index is -0.0884. The molecule has 9 heteroatoms. The van der Waals surface area contributed by atoms with Crippen LogP contribution in [0.15, 0.2) is 35.7 Å². The zero-order valence-electron chi connectivity index (χ0n) is 16.6. The number of aliphatic imine (C=N–C) groups is 1. The van der Waals surface area contributed by atoms with Gasteiger partial charge in [-0.3, -0.25) is 14.5 Å². The molecule has 2 N–H and O–H groups in total. The first-order chi connectivity index (χ1) is 13.5. The first-order valence-electron chi connectivity index (χ1n) is 9.33. The van der Waals surface area contributed by atoms with Crippen LogP contribution in [-0.2, 0) is 16.6 Å². The third kappa shape index (κ3) is 5.29. The fraction of sp³-hybridized carbons (Fsp3) is 0.474. The number of nitrogens with zero attached hydrogens (tertiary/aromatic N) is 5. The monoisotopic (exact) mass is 385 g/mol. The van der Waals surface area contributed by atoms with Gasteiger partial charge in [0.2, 0.25) is 5.91 Å². The van der Waals surface area contributed by atoms with Gasteiger partial charge >= 0.3 is 0 Å². The molecule has 0 bridgehead atoms. The van der Waals surface area contributed by atoms with E-state index in [1.807, 2.05) is 32.4 Å². The number of ether oxygens (including phenoxy) is 1. The molecule has 1 aliphatic rings. The van der Waals surface area contributed by atoms with Gasteiger partial charge in [-0.1, -0.05) is 6.07 Å². The van der Waals surface area contributed by atoms with Gasteiger partial charge < -0.3 is 20.3 Å². The number of anilines is 1. The first kappa shape index (κ1) is 19.8. The smallest absolute Gasteiger partial charge is 0.227 e. The van der Waals surface area contributed by atoms with E-state index in [1.165, 1.54) is 0 Å². The Hall–Kier alpha value is -2.94. The Morgan fingerprint density at radius 1 is 1.39 bits per heavy atom. The van der Waals surface area contributed by atoms with Crippen LogP contribution < -0.4 is 10.6 Å². The summed E-state index contributed by atoms with van der Waals surface area (Å²) >= 11 is 0. The Morgan fingerprint density at radius 2 is 2.25 bits per heavy atom. The number of carbonyl (C=O) groups excluding carboxylic acids is 1. The number of morpholine rings is 1. The normalized spacial score (nSPS) is 17.5. The second kappa shape index (κ2) is 9.32. The third-order valence-electron chi connectivity index (χ3n) is 4.49. The minimum absolute atomic E-state index is 0.0445. The second-order valence-electron chi connectivity index (χ2n) is 6.75. The molecule has 9 nitrogen and oxygen atoms in total. The predicted octanol–water partition coefficient (Wildman–Crippen LogP) is 1.10. The third-order valence-corrected chi connectivity index (χ3v) is 4.49. The number of hydrogen-bond acceptors (Lipinski definition) is 5. The van der Waals surface area contributed by atoms with Crippen LogP contribution in [0, 0.1) is 6.92 Å². The second-order valence-corrected chi connectivity index (χ2v) is 6.75. The molecular formula is C19H27N7O2. The van der Waals surface area contributed by atoms with E-state index in [4.69, 9.17) is 4.74 Å². The van der Waals surface area contributed by atoms with Gasteiger partial charge in [-0.2, -0.15) is 5.10 Å². The Labute approximate surface area is 164 Å². The summed E-state index contributed by atoms with van der Waals surface area (Å²) in [5.74, 6) is 1.24. The SMILES string of the molecule is CN=C(NCCC(=O)Nc1ccc(C)cn1)N1CCOC(c2cnn(C)c2)C1. The maximum absolute atomic E-state index is 12.1. The number of rotatable bonds is 5. The lowest BCUT2D eigenvalue weighted by molar-refractivity contribution is -0.116. The summed E-state index contributed by atoms with van der Waals surface area (Å²) in [6.07, 6.45) is 5.80. The fourth-order valence-electron chi connectivity index (χ4n) is 3.02. The largest absolute Gasteiger partial charge is 0.370 e. The molecule has 2 aromatic rings. The molecule has 3 rings (SSSR count). The Morgan fingerprint density at radius 3 is 2.93 bits per heavy atom. The summed E-state index contributed by atoms with van der Waals surface area (Å²) in [5, 5.41) is 10.3. The van der Waals surface area contributed by atoms with E-state index in [1.54, 1.807) is 24.0 Å². The van der Waals surface area contributed by atoms with Gasteiger partial charge in [0.05, 0.1) is 19.3 Å². The van der Waals surface area contributed by atoms with Gasteiger partial charge in [0, 0.05) is 51.6 Å². The number of pyridine rings is 1. The lowest BCUT2D eigenvalue weighted by Crippen LogP contribution is -2.48. The summed E-state index contributed by atoms with van der Waals surface area (Å²) in [4.78, 5) is 22.8. The molecule has 0 saturated carbocycles. The van der Waals surface area contributed by atoms with Crippen molar-refractivity contribution >= 4 is 17.7 Å². The van der Waals surface area contributed by atoms with Crippen molar-refractivity contribution in [2.75, 3.05) is 38.6 Å². The van der Waals surface area contributed by atoms with E-state index in [-0.39, 0.29) is 12.0 Å². The molecule has 0 aromatic carbocycles. The van der Waals surface area contributed by atoms with Crippen LogP contribution in [0.4, 0.5) is 5.82 Å². The molecular weight excluding hydrogens is 358 g/mol. The van der Waals surface area contributed by atoms with Crippen molar-refractivity contribution in [3.8, 4) is 0 Å². The molecule has 1 saturated heterocycles. The zero-order valence-corrected chi connectivity index (χ0v) is 16.6. The molecule has 1 fully saturated rings. The number of aromatic nitrogens is 3. The maximum atomic E-state index is 12.1. The quantitative estimate of drug-likeness (QED) is 0.591. The molecule has 1 amide bonds. The molecule has 150 valence electrons. The van der Waals surface area contributed by atoms with Gasteiger partial charge in [-0.15, -0.1) is 0 Å². The molecule has 2 aromatic heterocycles. The molecule has 1 unspecified atom stereocenters. The highest BCUT2D eigenvalue weighted by molar-refractivity contribution is 5.90. The maximum Gasteiger partial charge on any atom is 0.227 e. The van der Waals surface area contributed by atoms with Crippen LogP contribution in [0.5, 0.6) is 0 Å². The minimum Gasteiger partial charge on any atom is -0.370 e. The molecule has 1 atom stereocenters. The predicted molar refractivity (Wildman–Crippen MR) is 107 cm³/mol. The standard InChI is InChI=1S/C19H27N7O2/c1-14-4-5-17(22-10-14)24-18(27)6-7-21-19(20-2)26-8-9-28-16(13-26)15-11-23-25(3)12-15/h4-5,10-12,16H,6-9,13H2,1-3H3,(H,20,21)(H,22,24,27). The molecule has 1 aliphatic heterocycles. The number of carbonyl (C=O) groups is 1. The Balaban J connectivity index is 1.47. The van der Waals surface area contributed by atoms with Crippen molar-refractivity contribution in [1.82, 2.24) is 25.0 Å². The highest BCUT2D eigenvalue weighted by Crippen LogP contribution is 2.21. The van der Waals surface area contributed by atoms with Crippen molar-refractivity contribution in [2.45, 2.75) is 19.4 Å². The van der Waals surface area contributed by atoms with Gasteiger partial charge in [0.1, 0.15) is 11.9 Å². The number of guanidine groups is 1. The fourth-order valence-corrected chi connectivity index (χ4v) is 3.02. The van der Waals surface area contributed by atoms with Gasteiger partial charge in [0.15, 0.2) is 5.96 Å². The summed E-state index contributed by atoms with van der Waals surface area (Å²) in [5.41, 5.74) is 2.10. The number of hydrogen-bond donors (Lipinski definition) is 2.